The summed E-state index contributed by atoms with van der Waals surface area (Å²) in [6.45, 7) is 11.1. The second-order valence-electron chi connectivity index (χ2n) is 5.28. The van der Waals surface area contributed by atoms with Crippen molar-refractivity contribution in [3.8, 4) is 0 Å². The van der Waals surface area contributed by atoms with E-state index in [1.165, 1.54) is 0 Å². The molecule has 1 heterocycles. The first kappa shape index (κ1) is 14.9. The number of morpholine rings is 1. The number of hydrogen-bond acceptors (Lipinski definition) is 4. The van der Waals surface area contributed by atoms with Crippen molar-refractivity contribution in [1.29, 1.82) is 0 Å². The molecule has 2 N–H and O–H groups in total. The third-order valence-corrected chi connectivity index (χ3v) is 3.43. The van der Waals surface area contributed by atoms with Gasteiger partial charge in [-0.25, -0.2) is 0 Å². The summed E-state index contributed by atoms with van der Waals surface area (Å²) in [5.74, 6) is 0. The summed E-state index contributed by atoms with van der Waals surface area (Å²) in [6, 6.07) is 0.520. The van der Waals surface area contributed by atoms with E-state index < -0.39 is 5.60 Å². The Hall–Kier alpha value is -0.160. The molecule has 0 aromatic carbocycles. The summed E-state index contributed by atoms with van der Waals surface area (Å²) < 4.78 is 5.31. The lowest BCUT2D eigenvalue weighted by molar-refractivity contribution is -0.0229. The molecule has 17 heavy (non-hydrogen) atoms. The Morgan fingerprint density at radius 3 is 2.41 bits per heavy atom. The fourth-order valence-electron chi connectivity index (χ4n) is 2.24. The molecule has 0 spiro atoms. The molecule has 0 saturated carbocycles. The minimum Gasteiger partial charge on any atom is -0.388 e. The van der Waals surface area contributed by atoms with E-state index in [9.17, 15) is 5.11 Å². The molecule has 1 aliphatic heterocycles. The normalized spacial score (nSPS) is 21.7. The fourth-order valence-corrected chi connectivity index (χ4v) is 2.24. The van der Waals surface area contributed by atoms with Crippen LogP contribution in [0.3, 0.4) is 0 Å². The minimum atomic E-state index is -0.653. The Morgan fingerprint density at radius 2 is 1.88 bits per heavy atom. The summed E-state index contributed by atoms with van der Waals surface area (Å²) in [5, 5.41) is 13.8. The molecule has 0 aromatic heterocycles. The molecule has 1 fully saturated rings. The molecule has 0 aromatic rings. The maximum Gasteiger partial charge on any atom is 0.0869 e. The first-order valence-corrected chi connectivity index (χ1v) is 6.83. The highest BCUT2D eigenvalue weighted by Crippen LogP contribution is 2.08. The van der Waals surface area contributed by atoms with E-state index in [4.69, 9.17) is 4.74 Å². The van der Waals surface area contributed by atoms with Gasteiger partial charge < -0.3 is 15.2 Å². The van der Waals surface area contributed by atoms with Crippen molar-refractivity contribution in [3.63, 3.8) is 0 Å². The van der Waals surface area contributed by atoms with Crippen molar-refractivity contribution in [1.82, 2.24) is 10.2 Å². The van der Waals surface area contributed by atoms with Crippen LogP contribution in [0.2, 0.25) is 0 Å². The Morgan fingerprint density at radius 1 is 1.29 bits per heavy atom. The lowest BCUT2D eigenvalue weighted by Gasteiger charge is -2.34. The number of ether oxygens (including phenoxy) is 1. The first-order chi connectivity index (χ1) is 8.07. The number of rotatable bonds is 7. The number of nitrogens with one attached hydrogen (secondary N) is 1. The molecule has 4 heteroatoms. The van der Waals surface area contributed by atoms with E-state index in [1.54, 1.807) is 0 Å². The zero-order chi connectivity index (χ0) is 12.7. The van der Waals surface area contributed by atoms with E-state index in [0.717, 1.165) is 45.7 Å². The van der Waals surface area contributed by atoms with E-state index >= 15 is 0 Å². The quantitative estimate of drug-likeness (QED) is 0.697. The number of hydrogen-bond donors (Lipinski definition) is 2. The van der Waals surface area contributed by atoms with Crippen molar-refractivity contribution in [2.45, 2.75) is 45.3 Å². The van der Waals surface area contributed by atoms with Crippen LogP contribution in [0.15, 0.2) is 0 Å². The molecule has 0 bridgehead atoms. The van der Waals surface area contributed by atoms with Gasteiger partial charge in [-0.05, 0) is 19.8 Å². The zero-order valence-electron chi connectivity index (χ0n) is 11.5. The van der Waals surface area contributed by atoms with Crippen molar-refractivity contribution >= 4 is 0 Å². The van der Waals surface area contributed by atoms with Gasteiger partial charge in [0.25, 0.3) is 0 Å². The summed E-state index contributed by atoms with van der Waals surface area (Å²) in [6.07, 6.45) is 2.23. The van der Waals surface area contributed by atoms with Gasteiger partial charge in [-0.2, -0.15) is 0 Å². The van der Waals surface area contributed by atoms with Gasteiger partial charge >= 0.3 is 0 Å². The second kappa shape index (κ2) is 7.31. The SMILES string of the molecule is CCC(CC)NCC(C)(O)CN1CCOCC1. The standard InChI is InChI=1S/C13H28N2O2/c1-4-12(5-2)14-10-13(3,16)11-15-6-8-17-9-7-15/h12,14,16H,4-11H2,1-3H3. The monoisotopic (exact) mass is 244 g/mol. The van der Waals surface area contributed by atoms with Crippen molar-refractivity contribution in [3.05, 3.63) is 0 Å². The van der Waals surface area contributed by atoms with Crippen LogP contribution in [-0.4, -0.2) is 61.0 Å². The van der Waals surface area contributed by atoms with Gasteiger partial charge in [0.1, 0.15) is 0 Å². The molecule has 1 unspecified atom stereocenters. The Balaban J connectivity index is 2.28. The molecular weight excluding hydrogens is 216 g/mol. The first-order valence-electron chi connectivity index (χ1n) is 6.83. The molecule has 1 atom stereocenters. The van der Waals surface area contributed by atoms with Crippen LogP contribution in [0.5, 0.6) is 0 Å². The third-order valence-electron chi connectivity index (χ3n) is 3.43. The summed E-state index contributed by atoms with van der Waals surface area (Å²) >= 11 is 0. The van der Waals surface area contributed by atoms with E-state index in [0.29, 0.717) is 12.6 Å². The van der Waals surface area contributed by atoms with E-state index in [1.807, 2.05) is 6.92 Å². The second-order valence-corrected chi connectivity index (χ2v) is 5.28. The van der Waals surface area contributed by atoms with Gasteiger partial charge in [0.2, 0.25) is 0 Å². The highest BCUT2D eigenvalue weighted by Gasteiger charge is 2.25. The predicted molar refractivity (Wildman–Crippen MR) is 70.3 cm³/mol. The van der Waals surface area contributed by atoms with Gasteiger partial charge in [0, 0.05) is 32.2 Å². The summed E-state index contributed by atoms with van der Waals surface area (Å²) in [5.41, 5.74) is -0.653. The van der Waals surface area contributed by atoms with Crippen LogP contribution < -0.4 is 5.32 Å². The summed E-state index contributed by atoms with van der Waals surface area (Å²) in [7, 11) is 0. The molecule has 0 aliphatic carbocycles. The molecule has 102 valence electrons. The molecule has 0 radical (unpaired) electrons. The van der Waals surface area contributed by atoms with Gasteiger partial charge in [0.05, 0.1) is 18.8 Å². The largest absolute Gasteiger partial charge is 0.388 e. The number of β-amino-alcohol motifs (C(OH)–C–C–N with tert-alkyl or cyclic N) is 1. The zero-order valence-corrected chi connectivity index (χ0v) is 11.5. The fraction of sp³-hybridized carbons (Fsp3) is 1.00. The maximum atomic E-state index is 10.4. The van der Waals surface area contributed by atoms with E-state index in [-0.39, 0.29) is 0 Å². The smallest absolute Gasteiger partial charge is 0.0869 e. The van der Waals surface area contributed by atoms with Crippen LogP contribution in [0.1, 0.15) is 33.6 Å². The highest BCUT2D eigenvalue weighted by atomic mass is 16.5. The van der Waals surface area contributed by atoms with Gasteiger partial charge in [-0.3, -0.25) is 4.90 Å². The highest BCUT2D eigenvalue weighted by molar-refractivity contribution is 4.82. The van der Waals surface area contributed by atoms with Crippen molar-refractivity contribution in [2.75, 3.05) is 39.4 Å². The minimum absolute atomic E-state index is 0.520. The van der Waals surface area contributed by atoms with Gasteiger partial charge in [0.15, 0.2) is 0 Å². The Kier molecular flexibility index (Phi) is 6.41. The molecule has 4 nitrogen and oxygen atoms in total. The van der Waals surface area contributed by atoms with Crippen LogP contribution in [-0.2, 0) is 4.74 Å². The average Bonchev–Trinajstić information content (AvgIpc) is 2.31. The van der Waals surface area contributed by atoms with Crippen LogP contribution in [0.25, 0.3) is 0 Å². The molecular formula is C13H28N2O2. The maximum absolute atomic E-state index is 10.4. The van der Waals surface area contributed by atoms with Crippen molar-refractivity contribution in [2.24, 2.45) is 0 Å². The van der Waals surface area contributed by atoms with Crippen LogP contribution in [0.4, 0.5) is 0 Å². The Bertz CT molecular complexity index is 200. The van der Waals surface area contributed by atoms with Crippen molar-refractivity contribution < 1.29 is 9.84 Å². The van der Waals surface area contributed by atoms with Gasteiger partial charge in [-0.1, -0.05) is 13.8 Å². The molecule has 1 saturated heterocycles. The lowest BCUT2D eigenvalue weighted by Crippen LogP contribution is -2.51. The van der Waals surface area contributed by atoms with Crippen LogP contribution in [0, 0.1) is 0 Å². The molecule has 1 aliphatic rings. The number of nitrogens with zero attached hydrogens (tertiary/aromatic N) is 1. The molecule has 0 amide bonds. The Labute approximate surface area is 105 Å². The average molecular weight is 244 g/mol. The number of aliphatic hydroxyl groups is 1. The third kappa shape index (κ3) is 5.82. The lowest BCUT2D eigenvalue weighted by atomic mass is 10.0. The molecule has 1 rings (SSSR count). The van der Waals surface area contributed by atoms with E-state index in [2.05, 4.69) is 24.1 Å². The van der Waals surface area contributed by atoms with Gasteiger partial charge in [-0.15, -0.1) is 0 Å². The topological polar surface area (TPSA) is 44.7 Å². The summed E-state index contributed by atoms with van der Waals surface area (Å²) in [4.78, 5) is 2.28. The van der Waals surface area contributed by atoms with Crippen LogP contribution >= 0.6 is 0 Å². The predicted octanol–water partition coefficient (Wildman–Crippen LogP) is 0.848.